The average Bonchev–Trinajstić information content (AvgIpc) is 2.39. The first-order valence-electron chi connectivity index (χ1n) is 6.19. The number of nitrogens with one attached hydrogen (secondary N) is 1. The Labute approximate surface area is 113 Å². The van der Waals surface area contributed by atoms with Gasteiger partial charge in [0.15, 0.2) is 11.5 Å². The summed E-state index contributed by atoms with van der Waals surface area (Å²) in [5, 5.41) is 13.1. The highest BCUT2D eigenvalue weighted by atomic mass is 16.5. The molecule has 2 N–H and O–H groups in total. The van der Waals surface area contributed by atoms with Crippen LogP contribution in [0.2, 0.25) is 0 Å². The normalized spacial score (nSPS) is 11.2. The number of methoxy groups -OCH3 is 1. The van der Waals surface area contributed by atoms with Gasteiger partial charge in [0.05, 0.1) is 13.7 Å². The Balaban J connectivity index is 2.78. The Bertz CT molecular complexity index is 443. The summed E-state index contributed by atoms with van der Waals surface area (Å²) in [6.07, 6.45) is 0. The molecule has 0 radical (unpaired) electrons. The number of carbonyl (C=O) groups is 1. The lowest BCUT2D eigenvalue weighted by atomic mass is 10.1. The van der Waals surface area contributed by atoms with Gasteiger partial charge in [-0.1, -0.05) is 12.1 Å². The highest BCUT2D eigenvalue weighted by Gasteiger charge is 2.28. The predicted octanol–water partition coefficient (Wildman–Crippen LogP) is 1.83. The zero-order chi connectivity index (χ0) is 14.5. The number of hydrogen-bond donors (Lipinski definition) is 2. The molecule has 5 nitrogen and oxygen atoms in total. The van der Waals surface area contributed by atoms with E-state index in [0.29, 0.717) is 24.5 Å². The van der Waals surface area contributed by atoms with Crippen LogP contribution in [-0.4, -0.2) is 30.3 Å². The second-order valence-corrected chi connectivity index (χ2v) is 4.67. The predicted molar refractivity (Wildman–Crippen MR) is 72.2 cm³/mol. The van der Waals surface area contributed by atoms with Crippen molar-refractivity contribution in [3.8, 4) is 11.5 Å². The molecule has 0 fully saturated rings. The fraction of sp³-hybridized carbons (Fsp3) is 0.500. The summed E-state index contributed by atoms with van der Waals surface area (Å²) in [6.45, 7) is 6.13. The molecular formula is C14H21NO4. The highest BCUT2D eigenvalue weighted by molar-refractivity contribution is 5.79. The number of hydrogen-bond acceptors (Lipinski definition) is 5. The lowest BCUT2D eigenvalue weighted by Gasteiger charge is -2.23. The molecule has 1 rings (SSSR count). The van der Waals surface area contributed by atoms with Crippen molar-refractivity contribution in [1.29, 1.82) is 0 Å². The third kappa shape index (κ3) is 3.86. The molecule has 5 heteroatoms. The zero-order valence-corrected chi connectivity index (χ0v) is 11.8. The molecule has 0 atom stereocenters. The number of aromatic hydroxyl groups is 1. The van der Waals surface area contributed by atoms with E-state index >= 15 is 0 Å². The van der Waals surface area contributed by atoms with Crippen LogP contribution >= 0.6 is 0 Å². The van der Waals surface area contributed by atoms with Crippen LogP contribution in [0.3, 0.4) is 0 Å². The van der Waals surface area contributed by atoms with Gasteiger partial charge in [-0.05, 0) is 26.8 Å². The van der Waals surface area contributed by atoms with Gasteiger partial charge in [0, 0.05) is 12.1 Å². The van der Waals surface area contributed by atoms with Crippen molar-refractivity contribution in [3.63, 3.8) is 0 Å². The second-order valence-electron chi connectivity index (χ2n) is 4.67. The monoisotopic (exact) mass is 267 g/mol. The maximum absolute atomic E-state index is 11.5. The Kier molecular flexibility index (Phi) is 5.18. The molecule has 0 saturated heterocycles. The number of rotatable bonds is 6. The molecule has 0 aliphatic carbocycles. The van der Waals surface area contributed by atoms with Crippen LogP contribution in [0.15, 0.2) is 18.2 Å². The van der Waals surface area contributed by atoms with Gasteiger partial charge in [-0.2, -0.15) is 0 Å². The van der Waals surface area contributed by atoms with E-state index < -0.39 is 5.54 Å². The van der Waals surface area contributed by atoms with Gasteiger partial charge < -0.3 is 14.6 Å². The topological polar surface area (TPSA) is 67.8 Å². The first-order valence-corrected chi connectivity index (χ1v) is 6.19. The fourth-order valence-electron chi connectivity index (χ4n) is 1.63. The lowest BCUT2D eigenvalue weighted by molar-refractivity contribution is -0.147. The quantitative estimate of drug-likeness (QED) is 0.770. The lowest BCUT2D eigenvalue weighted by Crippen LogP contribution is -2.46. The van der Waals surface area contributed by atoms with Gasteiger partial charge in [0.2, 0.25) is 0 Å². The molecule has 0 unspecified atom stereocenters. The van der Waals surface area contributed by atoms with E-state index in [1.807, 2.05) is 6.92 Å². The van der Waals surface area contributed by atoms with E-state index in [0.717, 1.165) is 0 Å². The van der Waals surface area contributed by atoms with Gasteiger partial charge in [-0.3, -0.25) is 10.1 Å². The average molecular weight is 267 g/mol. The van der Waals surface area contributed by atoms with Crippen LogP contribution < -0.4 is 10.1 Å². The molecule has 0 saturated carbocycles. The maximum Gasteiger partial charge on any atom is 0.325 e. The third-order valence-corrected chi connectivity index (χ3v) is 2.80. The van der Waals surface area contributed by atoms with Crippen LogP contribution in [0.5, 0.6) is 11.5 Å². The molecule has 0 bridgehead atoms. The summed E-state index contributed by atoms with van der Waals surface area (Å²) in [5.41, 5.74) is -0.147. The van der Waals surface area contributed by atoms with E-state index in [9.17, 15) is 9.90 Å². The molecular weight excluding hydrogens is 246 g/mol. The van der Waals surface area contributed by atoms with Crippen LogP contribution in [0.25, 0.3) is 0 Å². The molecule has 19 heavy (non-hydrogen) atoms. The minimum atomic E-state index is -0.817. The van der Waals surface area contributed by atoms with E-state index in [-0.39, 0.29) is 11.7 Å². The van der Waals surface area contributed by atoms with Gasteiger partial charge in [-0.15, -0.1) is 0 Å². The van der Waals surface area contributed by atoms with Crippen LogP contribution in [0.1, 0.15) is 26.3 Å². The van der Waals surface area contributed by atoms with Crippen molar-refractivity contribution in [2.24, 2.45) is 0 Å². The number of benzene rings is 1. The van der Waals surface area contributed by atoms with Gasteiger partial charge >= 0.3 is 5.97 Å². The second kappa shape index (κ2) is 6.43. The Morgan fingerprint density at radius 3 is 2.68 bits per heavy atom. The van der Waals surface area contributed by atoms with Gasteiger partial charge in [-0.25, -0.2) is 0 Å². The summed E-state index contributed by atoms with van der Waals surface area (Å²) in [5.74, 6) is 0.183. The summed E-state index contributed by atoms with van der Waals surface area (Å²) in [7, 11) is 1.35. The largest absolute Gasteiger partial charge is 0.504 e. The van der Waals surface area contributed by atoms with Crippen molar-refractivity contribution < 1.29 is 19.4 Å². The molecule has 0 spiro atoms. The van der Waals surface area contributed by atoms with E-state index in [2.05, 4.69) is 5.32 Å². The van der Waals surface area contributed by atoms with Crippen molar-refractivity contribution in [2.75, 3.05) is 13.7 Å². The third-order valence-electron chi connectivity index (χ3n) is 2.80. The Morgan fingerprint density at radius 2 is 2.11 bits per heavy atom. The first kappa shape index (κ1) is 15.3. The van der Waals surface area contributed by atoms with Gasteiger partial charge in [0.1, 0.15) is 5.54 Å². The van der Waals surface area contributed by atoms with Crippen molar-refractivity contribution in [1.82, 2.24) is 5.32 Å². The molecule has 0 aliphatic heterocycles. The Morgan fingerprint density at radius 1 is 1.42 bits per heavy atom. The van der Waals surface area contributed by atoms with E-state index in [1.54, 1.807) is 32.0 Å². The molecule has 0 amide bonds. The van der Waals surface area contributed by atoms with Crippen molar-refractivity contribution in [2.45, 2.75) is 32.9 Å². The summed E-state index contributed by atoms with van der Waals surface area (Å²) < 4.78 is 10.0. The number of ether oxygens (including phenoxy) is 2. The number of carbonyl (C=O) groups excluding carboxylic acids is 1. The molecule has 1 aromatic rings. The molecule has 0 heterocycles. The number of esters is 1. The minimum absolute atomic E-state index is 0.0949. The van der Waals surface area contributed by atoms with Crippen molar-refractivity contribution in [3.05, 3.63) is 23.8 Å². The van der Waals surface area contributed by atoms with E-state index in [4.69, 9.17) is 9.47 Å². The SMILES string of the molecule is CCOc1cccc(CNC(C)(C)C(=O)OC)c1O. The fourth-order valence-corrected chi connectivity index (χ4v) is 1.63. The minimum Gasteiger partial charge on any atom is -0.504 e. The number of phenolic OH excluding ortho intramolecular Hbond substituents is 1. The number of phenols is 1. The molecule has 0 aliphatic rings. The standard InChI is InChI=1S/C14H21NO4/c1-5-19-11-8-6-7-10(12(11)16)9-15-14(2,3)13(17)18-4/h6-8,15-16H,5,9H2,1-4H3. The zero-order valence-electron chi connectivity index (χ0n) is 11.8. The van der Waals surface area contributed by atoms with E-state index in [1.165, 1.54) is 7.11 Å². The number of para-hydroxylation sites is 1. The van der Waals surface area contributed by atoms with Gasteiger partial charge in [0.25, 0.3) is 0 Å². The molecule has 0 aromatic heterocycles. The van der Waals surface area contributed by atoms with Crippen molar-refractivity contribution >= 4 is 5.97 Å². The van der Waals surface area contributed by atoms with Crippen LogP contribution in [0.4, 0.5) is 0 Å². The summed E-state index contributed by atoms with van der Waals surface area (Å²) in [6, 6.07) is 5.28. The smallest absolute Gasteiger partial charge is 0.325 e. The highest BCUT2D eigenvalue weighted by Crippen LogP contribution is 2.29. The maximum atomic E-state index is 11.5. The summed E-state index contributed by atoms with van der Waals surface area (Å²) >= 11 is 0. The summed E-state index contributed by atoms with van der Waals surface area (Å²) in [4.78, 5) is 11.5. The van der Waals surface area contributed by atoms with Crippen LogP contribution in [0, 0.1) is 0 Å². The molecule has 1 aromatic carbocycles. The molecule has 106 valence electrons. The van der Waals surface area contributed by atoms with Crippen LogP contribution in [-0.2, 0) is 16.1 Å². The first-order chi connectivity index (χ1) is 8.92. The Hall–Kier alpha value is -1.75.